The maximum Gasteiger partial charge on any atom is 0.252 e. The summed E-state index contributed by atoms with van der Waals surface area (Å²) in [4.78, 5) is 19.9. The van der Waals surface area contributed by atoms with Crippen molar-refractivity contribution < 1.29 is 9.90 Å². The number of nitrogens with two attached hydrogens (primary N) is 2. The van der Waals surface area contributed by atoms with Crippen LogP contribution in [0.4, 0.5) is 11.5 Å². The minimum Gasteiger partial charge on any atom is -0.397 e. The normalized spacial score (nSPS) is 16.6. The fraction of sp³-hybridized carbons (Fsp3) is 0.500. The molecule has 19 heavy (non-hydrogen) atoms. The third-order valence-electron chi connectivity index (χ3n) is 3.24. The molecule has 1 fully saturated rings. The SMILES string of the molecule is NC(=O)c1cc(N)cnc1N1CCN(CCO)CC1. The molecular formula is C12H19N5O2. The lowest BCUT2D eigenvalue weighted by Crippen LogP contribution is -2.48. The van der Waals surface area contributed by atoms with Gasteiger partial charge in [-0.25, -0.2) is 4.98 Å². The van der Waals surface area contributed by atoms with Crippen molar-refractivity contribution >= 4 is 17.4 Å². The van der Waals surface area contributed by atoms with Crippen molar-refractivity contribution in [3.05, 3.63) is 17.8 Å². The molecule has 2 heterocycles. The van der Waals surface area contributed by atoms with Crippen LogP contribution < -0.4 is 16.4 Å². The van der Waals surface area contributed by atoms with Gasteiger partial charge >= 0.3 is 0 Å². The zero-order valence-corrected chi connectivity index (χ0v) is 10.7. The van der Waals surface area contributed by atoms with Crippen molar-refractivity contribution in [3.63, 3.8) is 0 Å². The molecule has 0 bridgehead atoms. The largest absolute Gasteiger partial charge is 0.397 e. The van der Waals surface area contributed by atoms with E-state index in [2.05, 4.69) is 9.88 Å². The summed E-state index contributed by atoms with van der Waals surface area (Å²) >= 11 is 0. The van der Waals surface area contributed by atoms with Gasteiger partial charge in [-0.05, 0) is 6.07 Å². The summed E-state index contributed by atoms with van der Waals surface area (Å²) in [6.45, 7) is 3.97. The summed E-state index contributed by atoms with van der Waals surface area (Å²) in [7, 11) is 0. The van der Waals surface area contributed by atoms with Gasteiger partial charge in [-0.2, -0.15) is 0 Å². The zero-order valence-electron chi connectivity index (χ0n) is 10.7. The lowest BCUT2D eigenvalue weighted by Gasteiger charge is -2.35. The standard InChI is InChI=1S/C12H19N5O2/c13-9-7-10(11(14)19)12(15-8-9)17-3-1-16(2-4-17)5-6-18/h7-8,18H,1-6,13H2,(H2,14,19). The van der Waals surface area contributed by atoms with Crippen molar-refractivity contribution in [1.29, 1.82) is 0 Å². The third kappa shape index (κ3) is 3.12. The highest BCUT2D eigenvalue weighted by Crippen LogP contribution is 2.20. The number of nitrogen functional groups attached to an aromatic ring is 1. The van der Waals surface area contributed by atoms with E-state index in [1.54, 1.807) is 6.07 Å². The number of aromatic nitrogens is 1. The van der Waals surface area contributed by atoms with Crippen LogP contribution in [0.3, 0.4) is 0 Å². The molecular weight excluding hydrogens is 246 g/mol. The molecule has 0 saturated carbocycles. The number of amides is 1. The van der Waals surface area contributed by atoms with Crippen molar-refractivity contribution in [1.82, 2.24) is 9.88 Å². The number of nitrogens with zero attached hydrogens (tertiary/aromatic N) is 3. The molecule has 0 atom stereocenters. The van der Waals surface area contributed by atoms with E-state index in [4.69, 9.17) is 16.6 Å². The number of hydrogen-bond donors (Lipinski definition) is 3. The average Bonchev–Trinajstić information content (AvgIpc) is 2.40. The van der Waals surface area contributed by atoms with Gasteiger partial charge in [0.25, 0.3) is 5.91 Å². The summed E-state index contributed by atoms with van der Waals surface area (Å²) in [5.74, 6) is 0.0675. The topological polar surface area (TPSA) is 109 Å². The number of rotatable bonds is 4. The first-order valence-corrected chi connectivity index (χ1v) is 6.25. The molecule has 0 spiro atoms. The molecule has 5 N–H and O–H groups in total. The van der Waals surface area contributed by atoms with Gasteiger partial charge in [-0.15, -0.1) is 0 Å². The Kier molecular flexibility index (Phi) is 4.18. The van der Waals surface area contributed by atoms with Gasteiger partial charge in [0.05, 0.1) is 24.1 Å². The van der Waals surface area contributed by atoms with Crippen LogP contribution in [0.25, 0.3) is 0 Å². The van der Waals surface area contributed by atoms with Crippen LogP contribution in [-0.4, -0.2) is 60.2 Å². The Morgan fingerprint density at radius 1 is 1.37 bits per heavy atom. The number of aliphatic hydroxyl groups excluding tert-OH is 1. The minimum absolute atomic E-state index is 0.159. The Labute approximate surface area is 111 Å². The highest BCUT2D eigenvalue weighted by molar-refractivity contribution is 5.98. The lowest BCUT2D eigenvalue weighted by atomic mass is 10.2. The number of piperazine rings is 1. The number of primary amides is 1. The number of β-amino-alcohol motifs (C(OH)–C–C–N with tert-alkyl or cyclic N) is 1. The summed E-state index contributed by atoms with van der Waals surface area (Å²) in [5.41, 5.74) is 11.8. The monoisotopic (exact) mass is 265 g/mol. The van der Waals surface area contributed by atoms with E-state index in [0.29, 0.717) is 23.6 Å². The molecule has 1 aliphatic rings. The second kappa shape index (κ2) is 5.85. The molecule has 2 rings (SSSR count). The van der Waals surface area contributed by atoms with Crippen LogP contribution in [0.5, 0.6) is 0 Å². The smallest absolute Gasteiger partial charge is 0.252 e. The number of hydrogen-bond acceptors (Lipinski definition) is 6. The van der Waals surface area contributed by atoms with Crippen LogP contribution in [0.1, 0.15) is 10.4 Å². The van der Waals surface area contributed by atoms with Gasteiger partial charge in [-0.1, -0.05) is 0 Å². The molecule has 0 aliphatic carbocycles. The van der Waals surface area contributed by atoms with Crippen LogP contribution >= 0.6 is 0 Å². The summed E-state index contributed by atoms with van der Waals surface area (Å²) in [6, 6.07) is 1.56. The average molecular weight is 265 g/mol. The molecule has 1 aliphatic heterocycles. The van der Waals surface area contributed by atoms with Crippen LogP contribution in [0.15, 0.2) is 12.3 Å². The van der Waals surface area contributed by atoms with Gasteiger partial charge < -0.3 is 21.5 Å². The fourth-order valence-corrected chi connectivity index (χ4v) is 2.23. The lowest BCUT2D eigenvalue weighted by molar-refractivity contribution is 0.100. The van der Waals surface area contributed by atoms with Crippen molar-refractivity contribution in [2.45, 2.75) is 0 Å². The van der Waals surface area contributed by atoms with E-state index < -0.39 is 5.91 Å². The number of anilines is 2. The first kappa shape index (κ1) is 13.6. The molecule has 1 aromatic rings. The molecule has 7 heteroatoms. The Hall–Kier alpha value is -1.86. The van der Waals surface area contributed by atoms with E-state index in [-0.39, 0.29) is 6.61 Å². The second-order valence-corrected chi connectivity index (χ2v) is 4.56. The number of carbonyl (C=O) groups excluding carboxylic acids is 1. The van der Waals surface area contributed by atoms with Gasteiger partial charge in [0.1, 0.15) is 5.82 Å². The van der Waals surface area contributed by atoms with E-state index in [1.807, 2.05) is 4.90 Å². The Bertz CT molecular complexity index is 457. The van der Waals surface area contributed by atoms with Gasteiger partial charge in [0, 0.05) is 32.7 Å². The molecule has 0 unspecified atom stereocenters. The number of pyridine rings is 1. The second-order valence-electron chi connectivity index (χ2n) is 4.56. The Morgan fingerprint density at radius 3 is 2.63 bits per heavy atom. The quantitative estimate of drug-likeness (QED) is 0.636. The number of aliphatic hydroxyl groups is 1. The first-order chi connectivity index (χ1) is 9.11. The maximum absolute atomic E-state index is 11.4. The predicted molar refractivity (Wildman–Crippen MR) is 72.9 cm³/mol. The van der Waals surface area contributed by atoms with Crippen LogP contribution in [-0.2, 0) is 0 Å². The highest BCUT2D eigenvalue weighted by atomic mass is 16.3. The van der Waals surface area contributed by atoms with Crippen LogP contribution in [0, 0.1) is 0 Å². The third-order valence-corrected chi connectivity index (χ3v) is 3.24. The van der Waals surface area contributed by atoms with Gasteiger partial charge in [0.15, 0.2) is 0 Å². The summed E-state index contributed by atoms with van der Waals surface area (Å²) in [6.07, 6.45) is 1.53. The fourth-order valence-electron chi connectivity index (χ4n) is 2.23. The summed E-state index contributed by atoms with van der Waals surface area (Å²) < 4.78 is 0. The molecule has 0 radical (unpaired) electrons. The highest BCUT2D eigenvalue weighted by Gasteiger charge is 2.21. The first-order valence-electron chi connectivity index (χ1n) is 6.25. The van der Waals surface area contributed by atoms with Gasteiger partial charge in [-0.3, -0.25) is 9.69 Å². The van der Waals surface area contributed by atoms with Crippen molar-refractivity contribution in [2.24, 2.45) is 5.73 Å². The molecule has 1 saturated heterocycles. The van der Waals surface area contributed by atoms with E-state index >= 15 is 0 Å². The maximum atomic E-state index is 11.4. The van der Waals surface area contributed by atoms with E-state index in [9.17, 15) is 4.79 Å². The molecule has 104 valence electrons. The predicted octanol–water partition coefficient (Wildman–Crippen LogP) is -1.12. The van der Waals surface area contributed by atoms with Gasteiger partial charge in [0.2, 0.25) is 0 Å². The Balaban J connectivity index is 2.13. The van der Waals surface area contributed by atoms with E-state index in [1.165, 1.54) is 6.20 Å². The zero-order chi connectivity index (χ0) is 13.8. The van der Waals surface area contributed by atoms with E-state index in [0.717, 1.165) is 26.2 Å². The van der Waals surface area contributed by atoms with Crippen molar-refractivity contribution in [2.75, 3.05) is 50.0 Å². The molecule has 1 aromatic heterocycles. The summed E-state index contributed by atoms with van der Waals surface area (Å²) in [5, 5.41) is 8.91. The molecule has 7 nitrogen and oxygen atoms in total. The molecule has 0 aromatic carbocycles. The van der Waals surface area contributed by atoms with Crippen molar-refractivity contribution in [3.8, 4) is 0 Å². The van der Waals surface area contributed by atoms with Crippen LogP contribution in [0.2, 0.25) is 0 Å². The molecule has 1 amide bonds. The minimum atomic E-state index is -0.521. The number of carbonyl (C=O) groups is 1. The Morgan fingerprint density at radius 2 is 2.05 bits per heavy atom.